The van der Waals surface area contributed by atoms with E-state index in [1.165, 1.54) is 19.5 Å². The number of anilines is 2. The Morgan fingerprint density at radius 1 is 1.04 bits per heavy atom. The van der Waals surface area contributed by atoms with Crippen LogP contribution in [-0.4, -0.2) is 33.9 Å². The van der Waals surface area contributed by atoms with Gasteiger partial charge in [-0.3, -0.25) is 9.78 Å². The first-order chi connectivity index (χ1) is 13.2. The first-order valence-electron chi connectivity index (χ1n) is 8.10. The summed E-state index contributed by atoms with van der Waals surface area (Å²) in [5.41, 5.74) is 2.29. The van der Waals surface area contributed by atoms with Crippen molar-refractivity contribution in [1.82, 2.24) is 20.3 Å². The van der Waals surface area contributed by atoms with E-state index in [4.69, 9.17) is 0 Å². The number of aromatic nitrogens is 3. The van der Waals surface area contributed by atoms with Gasteiger partial charge in [-0.25, -0.2) is 14.8 Å². The lowest BCUT2D eigenvalue weighted by Gasteiger charge is -2.07. The van der Waals surface area contributed by atoms with Crippen LogP contribution in [0.1, 0.15) is 26.4 Å². The van der Waals surface area contributed by atoms with Crippen LogP contribution in [0.25, 0.3) is 0 Å². The minimum atomic E-state index is -0.400. The maximum atomic E-state index is 12.1. The molecule has 2 N–H and O–H groups in total. The van der Waals surface area contributed by atoms with Crippen LogP contribution in [0.3, 0.4) is 0 Å². The topological polar surface area (TPSA) is 106 Å². The van der Waals surface area contributed by atoms with Gasteiger partial charge in [0.2, 0.25) is 0 Å². The molecule has 2 heterocycles. The van der Waals surface area contributed by atoms with E-state index in [9.17, 15) is 9.59 Å². The fourth-order valence-corrected chi connectivity index (χ4v) is 2.24. The highest BCUT2D eigenvalue weighted by molar-refractivity contribution is 5.92. The van der Waals surface area contributed by atoms with Gasteiger partial charge in [-0.15, -0.1) is 0 Å². The molecule has 0 spiro atoms. The molecule has 3 aromatic rings. The van der Waals surface area contributed by atoms with Crippen molar-refractivity contribution in [3.63, 3.8) is 0 Å². The number of pyridine rings is 1. The SMILES string of the molecule is COC(=O)c1ccc(Nc2cnc(C(=O)NCc3cccnc3)cn2)cc1. The van der Waals surface area contributed by atoms with E-state index < -0.39 is 5.97 Å². The Morgan fingerprint density at radius 2 is 1.85 bits per heavy atom. The summed E-state index contributed by atoms with van der Waals surface area (Å²) < 4.78 is 4.66. The predicted octanol–water partition coefficient (Wildman–Crippen LogP) is 2.33. The average Bonchev–Trinajstić information content (AvgIpc) is 2.73. The summed E-state index contributed by atoms with van der Waals surface area (Å²) in [5, 5.41) is 5.81. The Kier molecular flexibility index (Phi) is 5.68. The van der Waals surface area contributed by atoms with E-state index in [0.717, 1.165) is 11.3 Å². The summed E-state index contributed by atoms with van der Waals surface area (Å²) in [6, 6.07) is 10.4. The van der Waals surface area contributed by atoms with E-state index >= 15 is 0 Å². The van der Waals surface area contributed by atoms with Crippen LogP contribution in [0.4, 0.5) is 11.5 Å². The van der Waals surface area contributed by atoms with Gasteiger partial charge in [0, 0.05) is 24.6 Å². The molecule has 3 rings (SSSR count). The van der Waals surface area contributed by atoms with Gasteiger partial charge in [-0.2, -0.15) is 0 Å². The van der Waals surface area contributed by atoms with Crippen LogP contribution in [0.2, 0.25) is 0 Å². The Hall–Kier alpha value is -3.81. The summed E-state index contributed by atoms with van der Waals surface area (Å²) in [5.74, 6) is -0.243. The molecule has 0 aliphatic rings. The van der Waals surface area contributed by atoms with Crippen LogP contribution in [0.5, 0.6) is 0 Å². The highest BCUT2D eigenvalue weighted by atomic mass is 16.5. The van der Waals surface area contributed by atoms with Gasteiger partial charge in [0.15, 0.2) is 0 Å². The zero-order chi connectivity index (χ0) is 19.1. The third-order valence-corrected chi connectivity index (χ3v) is 3.64. The molecule has 0 aliphatic heterocycles. The molecule has 0 bridgehead atoms. The molecule has 2 aromatic heterocycles. The molecule has 0 unspecified atom stereocenters. The molecule has 0 atom stereocenters. The number of ether oxygens (including phenoxy) is 1. The Bertz CT molecular complexity index is 912. The van der Waals surface area contributed by atoms with Crippen molar-refractivity contribution in [2.75, 3.05) is 12.4 Å². The summed E-state index contributed by atoms with van der Waals surface area (Å²) in [7, 11) is 1.33. The van der Waals surface area contributed by atoms with E-state index in [0.29, 0.717) is 17.9 Å². The van der Waals surface area contributed by atoms with Crippen molar-refractivity contribution >= 4 is 23.4 Å². The highest BCUT2D eigenvalue weighted by Gasteiger charge is 2.09. The van der Waals surface area contributed by atoms with Crippen molar-refractivity contribution in [2.24, 2.45) is 0 Å². The largest absolute Gasteiger partial charge is 0.465 e. The standard InChI is InChI=1S/C19H17N5O3/c1-27-19(26)14-4-6-15(7-5-14)24-17-12-21-16(11-22-17)18(25)23-10-13-3-2-8-20-9-13/h2-9,11-12H,10H2,1H3,(H,22,24)(H,23,25). The van der Waals surface area contributed by atoms with Gasteiger partial charge in [0.1, 0.15) is 11.5 Å². The van der Waals surface area contributed by atoms with E-state index in [1.54, 1.807) is 42.7 Å². The van der Waals surface area contributed by atoms with Gasteiger partial charge >= 0.3 is 5.97 Å². The maximum Gasteiger partial charge on any atom is 0.337 e. The number of carbonyl (C=O) groups excluding carboxylic acids is 2. The zero-order valence-electron chi connectivity index (χ0n) is 14.5. The quantitative estimate of drug-likeness (QED) is 0.647. The van der Waals surface area contributed by atoms with E-state index in [-0.39, 0.29) is 11.6 Å². The van der Waals surface area contributed by atoms with Crippen molar-refractivity contribution in [3.05, 3.63) is 78.0 Å². The molecular formula is C19H17N5O3. The molecule has 0 saturated carbocycles. The van der Waals surface area contributed by atoms with Crippen LogP contribution in [-0.2, 0) is 11.3 Å². The molecule has 27 heavy (non-hydrogen) atoms. The second-order valence-electron chi connectivity index (χ2n) is 5.52. The normalized spacial score (nSPS) is 10.1. The number of carbonyl (C=O) groups is 2. The molecule has 136 valence electrons. The zero-order valence-corrected chi connectivity index (χ0v) is 14.5. The second kappa shape index (κ2) is 8.52. The number of methoxy groups -OCH3 is 1. The van der Waals surface area contributed by atoms with Gasteiger partial charge in [-0.05, 0) is 35.9 Å². The summed E-state index contributed by atoms with van der Waals surface area (Å²) >= 11 is 0. The molecule has 1 aromatic carbocycles. The van der Waals surface area contributed by atoms with Gasteiger partial charge in [-0.1, -0.05) is 6.07 Å². The molecular weight excluding hydrogens is 346 g/mol. The second-order valence-corrected chi connectivity index (χ2v) is 5.52. The fourth-order valence-electron chi connectivity index (χ4n) is 2.24. The third-order valence-electron chi connectivity index (χ3n) is 3.64. The minimum absolute atomic E-state index is 0.213. The monoisotopic (exact) mass is 363 g/mol. The lowest BCUT2D eigenvalue weighted by atomic mass is 10.2. The number of nitrogens with zero attached hydrogens (tertiary/aromatic N) is 3. The van der Waals surface area contributed by atoms with Crippen LogP contribution in [0.15, 0.2) is 61.2 Å². The molecule has 0 fully saturated rings. The molecule has 8 nitrogen and oxygen atoms in total. The van der Waals surface area contributed by atoms with Gasteiger partial charge < -0.3 is 15.4 Å². The summed E-state index contributed by atoms with van der Waals surface area (Å²) in [6.45, 7) is 0.362. The third kappa shape index (κ3) is 4.85. The number of rotatable bonds is 6. The maximum absolute atomic E-state index is 12.1. The van der Waals surface area contributed by atoms with Gasteiger partial charge in [0.25, 0.3) is 5.91 Å². The average molecular weight is 363 g/mol. The van der Waals surface area contributed by atoms with E-state index in [2.05, 4.69) is 30.3 Å². The number of hydrogen-bond donors (Lipinski definition) is 2. The van der Waals surface area contributed by atoms with Crippen molar-refractivity contribution in [1.29, 1.82) is 0 Å². The predicted molar refractivity (Wildman–Crippen MR) is 98.5 cm³/mol. The van der Waals surface area contributed by atoms with Crippen LogP contribution < -0.4 is 10.6 Å². The van der Waals surface area contributed by atoms with Crippen LogP contribution >= 0.6 is 0 Å². The molecule has 0 aliphatic carbocycles. The molecule has 0 saturated heterocycles. The Balaban J connectivity index is 1.58. The van der Waals surface area contributed by atoms with E-state index in [1.807, 2.05) is 6.07 Å². The summed E-state index contributed by atoms with van der Waals surface area (Å²) in [4.78, 5) is 35.8. The lowest BCUT2D eigenvalue weighted by molar-refractivity contribution is 0.0600. The lowest BCUT2D eigenvalue weighted by Crippen LogP contribution is -2.24. The number of amides is 1. The number of nitrogens with one attached hydrogen (secondary N) is 2. The van der Waals surface area contributed by atoms with Crippen molar-refractivity contribution < 1.29 is 14.3 Å². The first kappa shape index (κ1) is 18.0. The summed E-state index contributed by atoms with van der Waals surface area (Å²) in [6.07, 6.45) is 6.22. The molecule has 1 amide bonds. The Morgan fingerprint density at radius 3 is 2.48 bits per heavy atom. The minimum Gasteiger partial charge on any atom is -0.465 e. The number of esters is 1. The Labute approximate surface area is 155 Å². The van der Waals surface area contributed by atoms with Gasteiger partial charge in [0.05, 0.1) is 25.1 Å². The number of benzene rings is 1. The van der Waals surface area contributed by atoms with Crippen LogP contribution in [0, 0.1) is 0 Å². The molecule has 8 heteroatoms. The van der Waals surface area contributed by atoms with Crippen molar-refractivity contribution in [3.8, 4) is 0 Å². The highest BCUT2D eigenvalue weighted by Crippen LogP contribution is 2.15. The fraction of sp³-hybridized carbons (Fsp3) is 0.105. The first-order valence-corrected chi connectivity index (χ1v) is 8.10. The number of hydrogen-bond acceptors (Lipinski definition) is 7. The smallest absolute Gasteiger partial charge is 0.337 e. The molecule has 0 radical (unpaired) electrons. The van der Waals surface area contributed by atoms with Crippen molar-refractivity contribution in [2.45, 2.75) is 6.54 Å².